The normalized spacial score (nSPS) is 9.93. The van der Waals surface area contributed by atoms with Crippen LogP contribution in [0.25, 0.3) is 0 Å². The minimum atomic E-state index is 0.168. The molecule has 0 atom stereocenters. The average Bonchev–Trinajstić information content (AvgIpc) is 2.09. The zero-order valence-electron chi connectivity index (χ0n) is 8.34. The summed E-state index contributed by atoms with van der Waals surface area (Å²) in [6.07, 6.45) is 0.477. The zero-order chi connectivity index (χ0) is 10.6. The lowest BCUT2D eigenvalue weighted by Crippen LogP contribution is -1.97. The van der Waals surface area contributed by atoms with Gasteiger partial charge in [0.25, 0.3) is 0 Å². The van der Waals surface area contributed by atoms with E-state index in [0.29, 0.717) is 13.0 Å². The molecule has 76 valence electrons. The first-order valence-corrected chi connectivity index (χ1v) is 5.33. The van der Waals surface area contributed by atoms with E-state index in [1.165, 1.54) is 0 Å². The molecule has 1 aromatic carbocycles. The van der Waals surface area contributed by atoms with Gasteiger partial charge < -0.3 is 4.74 Å². The molecule has 14 heavy (non-hydrogen) atoms. The maximum absolute atomic E-state index is 10.9. The number of rotatable bonds is 4. The van der Waals surface area contributed by atoms with Crippen molar-refractivity contribution in [1.82, 2.24) is 0 Å². The highest BCUT2D eigenvalue weighted by Gasteiger charge is 2.03. The Hall–Kier alpha value is -0.830. The highest BCUT2D eigenvalue weighted by atomic mass is 79.9. The maximum atomic E-state index is 10.9. The van der Waals surface area contributed by atoms with Gasteiger partial charge in [-0.05, 0) is 47.5 Å². The Balaban J connectivity index is 2.83. The Morgan fingerprint density at radius 1 is 1.50 bits per heavy atom. The third-order valence-corrected chi connectivity index (χ3v) is 2.37. The van der Waals surface area contributed by atoms with Crippen LogP contribution in [0.15, 0.2) is 22.7 Å². The van der Waals surface area contributed by atoms with Gasteiger partial charge in [-0.2, -0.15) is 0 Å². The SMILES string of the molecule is CCOc1ccc(CC(C)=O)cc1Br. The van der Waals surface area contributed by atoms with Crippen LogP contribution in [-0.4, -0.2) is 12.4 Å². The minimum absolute atomic E-state index is 0.168. The number of hydrogen-bond acceptors (Lipinski definition) is 2. The summed E-state index contributed by atoms with van der Waals surface area (Å²) in [6, 6.07) is 5.72. The molecule has 1 aromatic rings. The molecule has 0 aromatic heterocycles. The Kier molecular flexibility index (Phi) is 4.14. The lowest BCUT2D eigenvalue weighted by Gasteiger charge is -2.06. The van der Waals surface area contributed by atoms with E-state index in [0.717, 1.165) is 15.8 Å². The molecule has 0 amide bonds. The minimum Gasteiger partial charge on any atom is -0.493 e. The van der Waals surface area contributed by atoms with Crippen LogP contribution in [0.5, 0.6) is 5.75 Å². The van der Waals surface area contributed by atoms with Crippen molar-refractivity contribution in [3.63, 3.8) is 0 Å². The van der Waals surface area contributed by atoms with Crippen molar-refractivity contribution in [3.05, 3.63) is 28.2 Å². The van der Waals surface area contributed by atoms with Gasteiger partial charge in [0.15, 0.2) is 0 Å². The molecule has 0 aliphatic rings. The van der Waals surface area contributed by atoms with Gasteiger partial charge in [0.1, 0.15) is 11.5 Å². The van der Waals surface area contributed by atoms with Crippen LogP contribution in [0.2, 0.25) is 0 Å². The van der Waals surface area contributed by atoms with Crippen molar-refractivity contribution >= 4 is 21.7 Å². The van der Waals surface area contributed by atoms with E-state index in [1.807, 2.05) is 25.1 Å². The number of Topliss-reactive ketones (excluding diaryl/α,β-unsaturated/α-hetero) is 1. The van der Waals surface area contributed by atoms with Crippen LogP contribution < -0.4 is 4.74 Å². The lowest BCUT2D eigenvalue weighted by atomic mass is 10.1. The lowest BCUT2D eigenvalue weighted by molar-refractivity contribution is -0.116. The quantitative estimate of drug-likeness (QED) is 0.828. The molecule has 0 N–H and O–H groups in total. The van der Waals surface area contributed by atoms with Crippen LogP contribution in [0.1, 0.15) is 19.4 Å². The Morgan fingerprint density at radius 3 is 2.71 bits per heavy atom. The smallest absolute Gasteiger partial charge is 0.134 e. The van der Waals surface area contributed by atoms with Crippen molar-refractivity contribution in [1.29, 1.82) is 0 Å². The van der Waals surface area contributed by atoms with Gasteiger partial charge in [-0.3, -0.25) is 4.79 Å². The molecule has 3 heteroatoms. The molecule has 0 unspecified atom stereocenters. The van der Waals surface area contributed by atoms with Crippen molar-refractivity contribution in [3.8, 4) is 5.75 Å². The molecular formula is C11H13BrO2. The first kappa shape index (κ1) is 11.2. The van der Waals surface area contributed by atoms with Gasteiger partial charge in [0, 0.05) is 6.42 Å². The monoisotopic (exact) mass is 256 g/mol. The van der Waals surface area contributed by atoms with Crippen LogP contribution >= 0.6 is 15.9 Å². The molecule has 0 saturated carbocycles. The molecular weight excluding hydrogens is 244 g/mol. The van der Waals surface area contributed by atoms with E-state index in [4.69, 9.17) is 4.74 Å². The highest BCUT2D eigenvalue weighted by molar-refractivity contribution is 9.10. The Morgan fingerprint density at radius 2 is 2.21 bits per heavy atom. The first-order valence-electron chi connectivity index (χ1n) is 4.54. The summed E-state index contributed by atoms with van der Waals surface area (Å²) in [5.74, 6) is 0.987. The topological polar surface area (TPSA) is 26.3 Å². The molecule has 0 aliphatic heterocycles. The summed E-state index contributed by atoms with van der Waals surface area (Å²) >= 11 is 3.40. The summed E-state index contributed by atoms with van der Waals surface area (Å²) in [7, 11) is 0. The maximum Gasteiger partial charge on any atom is 0.134 e. The van der Waals surface area contributed by atoms with E-state index < -0.39 is 0 Å². The second-order valence-corrected chi connectivity index (χ2v) is 3.93. The molecule has 0 fully saturated rings. The van der Waals surface area contributed by atoms with Gasteiger partial charge in [-0.1, -0.05) is 6.07 Å². The summed E-state index contributed by atoms with van der Waals surface area (Å²) in [4.78, 5) is 10.9. The Labute approximate surface area is 92.4 Å². The standard InChI is InChI=1S/C11H13BrO2/c1-3-14-11-5-4-9(6-8(2)13)7-10(11)12/h4-5,7H,3,6H2,1-2H3. The van der Waals surface area contributed by atoms with Gasteiger partial charge >= 0.3 is 0 Å². The summed E-state index contributed by atoms with van der Waals surface area (Å²) < 4.78 is 6.27. The second-order valence-electron chi connectivity index (χ2n) is 3.08. The van der Waals surface area contributed by atoms with E-state index in [9.17, 15) is 4.79 Å². The summed E-state index contributed by atoms with van der Waals surface area (Å²) in [6.45, 7) is 4.17. The van der Waals surface area contributed by atoms with Crippen molar-refractivity contribution < 1.29 is 9.53 Å². The van der Waals surface area contributed by atoms with E-state index in [1.54, 1.807) is 6.92 Å². The predicted molar refractivity (Wildman–Crippen MR) is 59.7 cm³/mol. The van der Waals surface area contributed by atoms with E-state index in [2.05, 4.69) is 15.9 Å². The van der Waals surface area contributed by atoms with Crippen molar-refractivity contribution in [2.45, 2.75) is 20.3 Å². The van der Waals surface area contributed by atoms with E-state index >= 15 is 0 Å². The van der Waals surface area contributed by atoms with Gasteiger partial charge in [-0.15, -0.1) is 0 Å². The molecule has 0 bridgehead atoms. The molecule has 0 aliphatic carbocycles. The molecule has 1 rings (SSSR count). The Bertz CT molecular complexity index is 334. The fraction of sp³-hybridized carbons (Fsp3) is 0.364. The number of ether oxygens (including phenoxy) is 1. The summed E-state index contributed by atoms with van der Waals surface area (Å²) in [5.41, 5.74) is 1.01. The molecule has 0 radical (unpaired) electrons. The van der Waals surface area contributed by atoms with Crippen LogP contribution in [-0.2, 0) is 11.2 Å². The molecule has 0 spiro atoms. The third-order valence-electron chi connectivity index (χ3n) is 1.75. The molecule has 0 saturated heterocycles. The number of carbonyl (C=O) groups is 1. The van der Waals surface area contributed by atoms with E-state index in [-0.39, 0.29) is 5.78 Å². The largest absolute Gasteiger partial charge is 0.493 e. The molecule has 0 heterocycles. The van der Waals surface area contributed by atoms with Crippen molar-refractivity contribution in [2.75, 3.05) is 6.61 Å². The number of halogens is 1. The zero-order valence-corrected chi connectivity index (χ0v) is 9.93. The van der Waals surface area contributed by atoms with Crippen molar-refractivity contribution in [2.24, 2.45) is 0 Å². The van der Waals surface area contributed by atoms with Gasteiger partial charge in [0.2, 0.25) is 0 Å². The highest BCUT2D eigenvalue weighted by Crippen LogP contribution is 2.26. The predicted octanol–water partition coefficient (Wildman–Crippen LogP) is 2.98. The summed E-state index contributed by atoms with van der Waals surface area (Å²) in [5, 5.41) is 0. The number of benzene rings is 1. The second kappa shape index (κ2) is 5.15. The van der Waals surface area contributed by atoms with Gasteiger partial charge in [-0.25, -0.2) is 0 Å². The van der Waals surface area contributed by atoms with Crippen LogP contribution in [0.4, 0.5) is 0 Å². The fourth-order valence-electron chi connectivity index (χ4n) is 1.21. The first-order chi connectivity index (χ1) is 6.63. The number of carbonyl (C=O) groups excluding carboxylic acids is 1. The number of hydrogen-bond donors (Lipinski definition) is 0. The third kappa shape index (κ3) is 3.14. The van der Waals surface area contributed by atoms with Crippen LogP contribution in [0.3, 0.4) is 0 Å². The number of ketones is 1. The molecule has 2 nitrogen and oxygen atoms in total. The average molecular weight is 257 g/mol. The van der Waals surface area contributed by atoms with Gasteiger partial charge in [0.05, 0.1) is 11.1 Å². The fourth-order valence-corrected chi connectivity index (χ4v) is 1.75. The van der Waals surface area contributed by atoms with Crippen LogP contribution in [0, 0.1) is 0 Å².